The second-order valence-corrected chi connectivity index (χ2v) is 4.20. The number of alkyl halides is 6. The van der Waals surface area contributed by atoms with Gasteiger partial charge in [-0.3, -0.25) is 11.3 Å². The van der Waals surface area contributed by atoms with E-state index in [1.54, 1.807) is 5.43 Å². The van der Waals surface area contributed by atoms with Crippen molar-refractivity contribution in [1.29, 1.82) is 0 Å². The molecule has 108 valence electrons. The standard InChI is InChI=1S/C9H14F6N2O/c10-8(11,12)7(9(13,14)15)6(17-16)5-1-3-18-4-2-5/h5-7,17H,1-4,16H2. The maximum absolute atomic E-state index is 12.6. The Kier molecular flexibility index (Phi) is 4.84. The lowest BCUT2D eigenvalue weighted by atomic mass is 9.83. The van der Waals surface area contributed by atoms with Gasteiger partial charge in [0, 0.05) is 19.3 Å². The van der Waals surface area contributed by atoms with Crippen molar-refractivity contribution in [3.8, 4) is 0 Å². The highest BCUT2D eigenvalue weighted by atomic mass is 19.4. The van der Waals surface area contributed by atoms with Crippen LogP contribution in [0.1, 0.15) is 12.8 Å². The first kappa shape index (κ1) is 15.5. The SMILES string of the molecule is NNC(C1CCOCC1)C(C(F)(F)F)C(F)(F)F. The van der Waals surface area contributed by atoms with Crippen molar-refractivity contribution in [2.45, 2.75) is 31.2 Å². The van der Waals surface area contributed by atoms with E-state index in [0.29, 0.717) is 0 Å². The summed E-state index contributed by atoms with van der Waals surface area (Å²) in [7, 11) is 0. The van der Waals surface area contributed by atoms with Crippen LogP contribution in [0.25, 0.3) is 0 Å². The molecule has 1 fully saturated rings. The first-order valence-electron chi connectivity index (χ1n) is 5.35. The van der Waals surface area contributed by atoms with Crippen LogP contribution in [0.3, 0.4) is 0 Å². The van der Waals surface area contributed by atoms with Crippen molar-refractivity contribution >= 4 is 0 Å². The summed E-state index contributed by atoms with van der Waals surface area (Å²) in [6.07, 6.45) is -10.5. The zero-order valence-corrected chi connectivity index (χ0v) is 9.31. The van der Waals surface area contributed by atoms with Crippen molar-refractivity contribution in [3.63, 3.8) is 0 Å². The summed E-state index contributed by atoms with van der Waals surface area (Å²) in [5.74, 6) is 0.639. The molecule has 0 amide bonds. The Morgan fingerprint density at radius 3 is 1.78 bits per heavy atom. The quantitative estimate of drug-likeness (QED) is 0.472. The van der Waals surface area contributed by atoms with Crippen molar-refractivity contribution in [2.75, 3.05) is 13.2 Å². The maximum Gasteiger partial charge on any atom is 0.402 e. The van der Waals surface area contributed by atoms with Gasteiger partial charge in [0.1, 0.15) is 0 Å². The lowest BCUT2D eigenvalue weighted by Gasteiger charge is -2.36. The zero-order valence-electron chi connectivity index (χ0n) is 9.31. The molecule has 1 heterocycles. The van der Waals surface area contributed by atoms with Gasteiger partial charge in [-0.15, -0.1) is 0 Å². The third-order valence-electron chi connectivity index (χ3n) is 3.03. The van der Waals surface area contributed by atoms with E-state index in [0.717, 1.165) is 0 Å². The van der Waals surface area contributed by atoms with Gasteiger partial charge in [-0.1, -0.05) is 0 Å². The minimum absolute atomic E-state index is 0.123. The molecule has 9 heteroatoms. The van der Waals surface area contributed by atoms with E-state index in [1.807, 2.05) is 0 Å². The van der Waals surface area contributed by atoms with E-state index >= 15 is 0 Å². The molecule has 0 saturated carbocycles. The number of hydrogen-bond donors (Lipinski definition) is 2. The second kappa shape index (κ2) is 5.62. The Morgan fingerprint density at radius 2 is 1.44 bits per heavy atom. The molecule has 18 heavy (non-hydrogen) atoms. The summed E-state index contributed by atoms with van der Waals surface area (Å²) in [6, 6.07) is -1.88. The topological polar surface area (TPSA) is 47.3 Å². The monoisotopic (exact) mass is 280 g/mol. The molecular weight excluding hydrogens is 266 g/mol. The smallest absolute Gasteiger partial charge is 0.381 e. The summed E-state index contributed by atoms with van der Waals surface area (Å²) in [5, 5.41) is 0. The molecular formula is C9H14F6N2O. The molecule has 1 unspecified atom stereocenters. The van der Waals surface area contributed by atoms with Gasteiger partial charge < -0.3 is 4.74 Å². The Morgan fingerprint density at radius 1 is 1.00 bits per heavy atom. The van der Waals surface area contributed by atoms with Gasteiger partial charge in [0.25, 0.3) is 0 Å². The zero-order chi connectivity index (χ0) is 14.0. The summed E-state index contributed by atoms with van der Waals surface area (Å²) >= 11 is 0. The number of hydrogen-bond acceptors (Lipinski definition) is 3. The lowest BCUT2D eigenvalue weighted by molar-refractivity contribution is -0.296. The average molecular weight is 280 g/mol. The van der Waals surface area contributed by atoms with Gasteiger partial charge in [0.05, 0.1) is 0 Å². The Bertz CT molecular complexity index is 247. The van der Waals surface area contributed by atoms with E-state index in [2.05, 4.69) is 0 Å². The molecule has 1 aliphatic rings. The van der Waals surface area contributed by atoms with Gasteiger partial charge in [-0.05, 0) is 18.8 Å². The number of ether oxygens (including phenoxy) is 1. The fourth-order valence-corrected chi connectivity index (χ4v) is 2.17. The third kappa shape index (κ3) is 3.72. The Balaban J connectivity index is 2.93. The molecule has 0 bridgehead atoms. The van der Waals surface area contributed by atoms with Gasteiger partial charge >= 0.3 is 12.4 Å². The van der Waals surface area contributed by atoms with Crippen LogP contribution in [-0.4, -0.2) is 31.6 Å². The Labute approximate surface area is 99.6 Å². The Hall–Kier alpha value is -0.540. The van der Waals surface area contributed by atoms with Crippen molar-refractivity contribution in [3.05, 3.63) is 0 Å². The first-order valence-corrected chi connectivity index (χ1v) is 5.35. The number of nitrogens with one attached hydrogen (secondary N) is 1. The molecule has 0 aliphatic carbocycles. The highest BCUT2D eigenvalue weighted by Gasteiger charge is 2.61. The average Bonchev–Trinajstić information content (AvgIpc) is 2.23. The summed E-state index contributed by atoms with van der Waals surface area (Å²) in [6.45, 7) is 0.288. The normalized spacial score (nSPS) is 21.3. The molecule has 1 saturated heterocycles. The van der Waals surface area contributed by atoms with Crippen molar-refractivity contribution < 1.29 is 31.1 Å². The third-order valence-corrected chi connectivity index (χ3v) is 3.03. The van der Waals surface area contributed by atoms with E-state index < -0.39 is 30.2 Å². The van der Waals surface area contributed by atoms with Crippen LogP contribution in [0.4, 0.5) is 26.3 Å². The van der Waals surface area contributed by atoms with Crippen LogP contribution in [0.2, 0.25) is 0 Å². The highest BCUT2D eigenvalue weighted by Crippen LogP contribution is 2.44. The second-order valence-electron chi connectivity index (χ2n) is 4.20. The fourth-order valence-electron chi connectivity index (χ4n) is 2.17. The molecule has 1 aliphatic heterocycles. The minimum atomic E-state index is -5.38. The van der Waals surface area contributed by atoms with Gasteiger partial charge in [-0.2, -0.15) is 26.3 Å². The van der Waals surface area contributed by atoms with Crippen LogP contribution in [-0.2, 0) is 4.74 Å². The van der Waals surface area contributed by atoms with E-state index in [9.17, 15) is 26.3 Å². The highest BCUT2D eigenvalue weighted by molar-refractivity contribution is 4.91. The predicted octanol–water partition coefficient (Wildman–Crippen LogP) is 1.99. The van der Waals surface area contributed by atoms with Crippen molar-refractivity contribution in [1.82, 2.24) is 5.43 Å². The molecule has 0 aromatic heterocycles. The number of halogens is 6. The number of rotatable bonds is 3. The summed E-state index contributed by atoms with van der Waals surface area (Å²) in [4.78, 5) is 0. The van der Waals surface area contributed by atoms with Crippen LogP contribution in [0, 0.1) is 11.8 Å². The van der Waals surface area contributed by atoms with E-state index in [4.69, 9.17) is 10.6 Å². The van der Waals surface area contributed by atoms with Gasteiger partial charge in [-0.25, -0.2) is 0 Å². The largest absolute Gasteiger partial charge is 0.402 e. The maximum atomic E-state index is 12.6. The fraction of sp³-hybridized carbons (Fsp3) is 1.00. The molecule has 3 nitrogen and oxygen atoms in total. The first-order chi connectivity index (χ1) is 8.18. The lowest BCUT2D eigenvalue weighted by Crippen LogP contribution is -2.57. The van der Waals surface area contributed by atoms with Crippen LogP contribution >= 0.6 is 0 Å². The van der Waals surface area contributed by atoms with Crippen LogP contribution in [0.5, 0.6) is 0 Å². The molecule has 3 N–H and O–H groups in total. The van der Waals surface area contributed by atoms with Crippen LogP contribution in [0.15, 0.2) is 0 Å². The number of hydrazine groups is 1. The van der Waals surface area contributed by atoms with Gasteiger partial charge in [0.15, 0.2) is 5.92 Å². The number of nitrogens with two attached hydrogens (primary N) is 1. The van der Waals surface area contributed by atoms with E-state index in [1.165, 1.54) is 0 Å². The molecule has 0 spiro atoms. The van der Waals surface area contributed by atoms with Crippen molar-refractivity contribution in [2.24, 2.45) is 17.7 Å². The molecule has 1 rings (SSSR count). The predicted molar refractivity (Wildman–Crippen MR) is 50.3 cm³/mol. The summed E-state index contributed by atoms with van der Waals surface area (Å²) < 4.78 is 80.3. The minimum Gasteiger partial charge on any atom is -0.381 e. The van der Waals surface area contributed by atoms with Gasteiger partial charge in [0.2, 0.25) is 0 Å². The summed E-state index contributed by atoms with van der Waals surface area (Å²) in [5.41, 5.74) is 1.69. The van der Waals surface area contributed by atoms with E-state index in [-0.39, 0.29) is 26.1 Å². The molecule has 0 aromatic carbocycles. The van der Waals surface area contributed by atoms with Crippen LogP contribution < -0.4 is 11.3 Å². The molecule has 1 atom stereocenters. The molecule has 0 aromatic rings. The molecule has 0 radical (unpaired) electrons.